The Bertz CT molecular complexity index is 968. The Morgan fingerprint density at radius 1 is 0.939 bits per heavy atom. The van der Waals surface area contributed by atoms with Crippen molar-refractivity contribution in [2.75, 3.05) is 13.1 Å². The molecular weight excluding hydrogens is 544 g/mol. The summed E-state index contributed by atoms with van der Waals surface area (Å²) in [5.74, 6) is 0. The molecule has 6 heteroatoms. The molecule has 0 saturated heterocycles. The van der Waals surface area contributed by atoms with E-state index < -0.39 is 5.60 Å². The maximum atomic E-state index is 12.1. The minimum absolute atomic E-state index is 0. The Kier molecular flexibility index (Phi) is 11.1. The van der Waals surface area contributed by atoms with E-state index in [-0.39, 0.29) is 20.9 Å². The molecule has 0 unspecified atom stereocenters. The summed E-state index contributed by atoms with van der Waals surface area (Å²) in [6, 6.07) is 8.64. The lowest BCUT2D eigenvalue weighted by Crippen LogP contribution is -2.40. The number of rotatable bonds is 0. The minimum atomic E-state index is -0.440. The van der Waals surface area contributed by atoms with Crippen molar-refractivity contribution < 1.29 is 9.53 Å². The fourth-order valence-electron chi connectivity index (χ4n) is 4.15. The topological polar surface area (TPSA) is 41.6 Å². The smallest absolute Gasteiger partial charge is 0.410 e. The third kappa shape index (κ3) is 8.11. The van der Waals surface area contributed by atoms with Crippen LogP contribution in [0, 0.1) is 13.8 Å². The minimum Gasteiger partial charge on any atom is -0.444 e. The molecule has 2 heterocycles. The maximum Gasteiger partial charge on any atom is 0.410 e. The van der Waals surface area contributed by atoms with Crippen LogP contribution in [-0.2, 0) is 30.7 Å². The SMILES string of the molecule is C.C.Cc1cc(Br)cc2c1CCN(C(=O)OC(C)(C)C)C2.Cc1cc(Br)cc2c1CCNC2. The van der Waals surface area contributed by atoms with Gasteiger partial charge in [0.05, 0.1) is 0 Å². The predicted octanol–water partition coefficient (Wildman–Crippen LogP) is 7.73. The van der Waals surface area contributed by atoms with Gasteiger partial charge in [-0.25, -0.2) is 4.79 Å². The molecule has 4 nitrogen and oxygen atoms in total. The number of halogens is 2. The normalized spacial score (nSPS) is 14.5. The molecule has 0 aromatic heterocycles. The number of carbonyl (C=O) groups is 1. The summed E-state index contributed by atoms with van der Waals surface area (Å²) in [5.41, 5.74) is 7.83. The van der Waals surface area contributed by atoms with Crippen molar-refractivity contribution in [3.63, 3.8) is 0 Å². The highest BCUT2D eigenvalue weighted by Crippen LogP contribution is 2.27. The number of amides is 1. The largest absolute Gasteiger partial charge is 0.444 e. The number of aryl methyl sites for hydroxylation is 2. The van der Waals surface area contributed by atoms with Gasteiger partial charge in [0.2, 0.25) is 0 Å². The van der Waals surface area contributed by atoms with Gasteiger partial charge in [0.25, 0.3) is 0 Å². The van der Waals surface area contributed by atoms with Crippen LogP contribution in [0.3, 0.4) is 0 Å². The second-order valence-electron chi connectivity index (χ2n) is 9.30. The molecule has 0 aliphatic carbocycles. The van der Waals surface area contributed by atoms with Crippen molar-refractivity contribution in [3.8, 4) is 0 Å². The molecule has 0 bridgehead atoms. The van der Waals surface area contributed by atoms with Crippen LogP contribution < -0.4 is 5.32 Å². The van der Waals surface area contributed by atoms with Gasteiger partial charge in [-0.05, 0) is 112 Å². The molecule has 1 amide bonds. The van der Waals surface area contributed by atoms with Crippen LogP contribution in [0.15, 0.2) is 33.2 Å². The Labute approximate surface area is 217 Å². The number of benzene rings is 2. The molecule has 2 aliphatic rings. The first-order valence-electron chi connectivity index (χ1n) is 10.8. The van der Waals surface area contributed by atoms with Crippen molar-refractivity contribution in [1.82, 2.24) is 10.2 Å². The average Bonchev–Trinajstić information content (AvgIpc) is 2.66. The standard InChI is InChI=1S/C15H20BrNO2.C10H12BrN.2CH4/c1-10-7-12(16)8-11-9-17(6-5-13(10)11)14(18)19-15(2,3)4;1-7-4-9(11)5-8-6-12-3-2-10(7)8;;/h7-8H,5-6,9H2,1-4H3;4-5,12H,2-3,6H2,1H3;2*1H4. The molecule has 1 N–H and O–H groups in total. The third-order valence-corrected chi connectivity index (χ3v) is 6.49. The fourth-order valence-corrected chi connectivity index (χ4v) is 5.39. The summed E-state index contributed by atoms with van der Waals surface area (Å²) >= 11 is 7.03. The zero-order chi connectivity index (χ0) is 22.8. The van der Waals surface area contributed by atoms with Crippen LogP contribution >= 0.6 is 31.9 Å². The predicted molar refractivity (Wildman–Crippen MR) is 147 cm³/mol. The van der Waals surface area contributed by atoms with Crippen molar-refractivity contribution in [2.24, 2.45) is 0 Å². The van der Waals surface area contributed by atoms with Gasteiger partial charge in [-0.15, -0.1) is 0 Å². The highest BCUT2D eigenvalue weighted by Gasteiger charge is 2.26. The molecule has 0 spiro atoms. The van der Waals surface area contributed by atoms with E-state index >= 15 is 0 Å². The number of hydrogen-bond donors (Lipinski definition) is 1. The number of carbonyl (C=O) groups excluding carboxylic acids is 1. The molecule has 2 aromatic carbocycles. The van der Waals surface area contributed by atoms with Crippen LogP contribution in [0.2, 0.25) is 0 Å². The highest BCUT2D eigenvalue weighted by molar-refractivity contribution is 9.10. The molecule has 184 valence electrons. The summed E-state index contributed by atoms with van der Waals surface area (Å²) < 4.78 is 7.69. The lowest BCUT2D eigenvalue weighted by atomic mass is 9.95. The fraction of sp³-hybridized carbons (Fsp3) is 0.519. The van der Waals surface area contributed by atoms with Gasteiger partial charge in [0, 0.05) is 28.6 Å². The van der Waals surface area contributed by atoms with Crippen molar-refractivity contribution in [3.05, 3.63) is 66.6 Å². The van der Waals surface area contributed by atoms with E-state index in [1.54, 1.807) is 4.90 Å². The van der Waals surface area contributed by atoms with Crippen LogP contribution in [0.25, 0.3) is 0 Å². The first-order chi connectivity index (χ1) is 14.5. The van der Waals surface area contributed by atoms with Gasteiger partial charge in [0.15, 0.2) is 0 Å². The number of hydrogen-bond acceptors (Lipinski definition) is 3. The molecule has 2 aliphatic heterocycles. The summed E-state index contributed by atoms with van der Waals surface area (Å²) in [6.45, 7) is 13.5. The third-order valence-electron chi connectivity index (χ3n) is 5.57. The van der Waals surface area contributed by atoms with E-state index in [1.165, 1.54) is 44.3 Å². The van der Waals surface area contributed by atoms with Crippen LogP contribution in [0.4, 0.5) is 4.79 Å². The monoisotopic (exact) mass is 582 g/mol. The van der Waals surface area contributed by atoms with Gasteiger partial charge in [0.1, 0.15) is 5.60 Å². The summed E-state index contributed by atoms with van der Waals surface area (Å²) in [4.78, 5) is 13.9. The summed E-state index contributed by atoms with van der Waals surface area (Å²) in [6.07, 6.45) is 1.85. The molecule has 0 fully saturated rings. The molecule has 0 radical (unpaired) electrons. The van der Waals surface area contributed by atoms with Crippen LogP contribution in [-0.4, -0.2) is 29.7 Å². The zero-order valence-corrected chi connectivity index (χ0v) is 22.2. The second-order valence-corrected chi connectivity index (χ2v) is 11.1. The molecule has 2 aromatic rings. The van der Waals surface area contributed by atoms with Crippen LogP contribution in [0.1, 0.15) is 69.0 Å². The highest BCUT2D eigenvalue weighted by atomic mass is 79.9. The zero-order valence-electron chi connectivity index (χ0n) is 19.1. The lowest BCUT2D eigenvalue weighted by Gasteiger charge is -2.32. The van der Waals surface area contributed by atoms with Crippen molar-refractivity contribution in [1.29, 1.82) is 0 Å². The van der Waals surface area contributed by atoms with Crippen molar-refractivity contribution >= 4 is 38.0 Å². The van der Waals surface area contributed by atoms with E-state index in [0.29, 0.717) is 6.54 Å². The van der Waals surface area contributed by atoms with Crippen molar-refractivity contribution in [2.45, 2.75) is 81.0 Å². The van der Waals surface area contributed by atoms with Gasteiger partial charge in [-0.2, -0.15) is 0 Å². The van der Waals surface area contributed by atoms with Gasteiger partial charge in [-0.3, -0.25) is 0 Å². The van der Waals surface area contributed by atoms with Gasteiger partial charge in [-0.1, -0.05) is 46.7 Å². The summed E-state index contributed by atoms with van der Waals surface area (Å²) in [7, 11) is 0. The van der Waals surface area contributed by atoms with Crippen LogP contribution in [0.5, 0.6) is 0 Å². The number of nitrogens with zero attached hydrogens (tertiary/aromatic N) is 1. The lowest BCUT2D eigenvalue weighted by molar-refractivity contribution is 0.0223. The van der Waals surface area contributed by atoms with Gasteiger partial charge >= 0.3 is 6.09 Å². The molecule has 33 heavy (non-hydrogen) atoms. The summed E-state index contributed by atoms with van der Waals surface area (Å²) in [5, 5.41) is 3.37. The number of fused-ring (bicyclic) bond motifs is 2. The average molecular weight is 584 g/mol. The quantitative estimate of drug-likeness (QED) is 0.345. The second kappa shape index (κ2) is 12.4. The molecular formula is C27H40Br2N2O2. The number of nitrogens with one attached hydrogen (secondary N) is 1. The van der Waals surface area contributed by atoms with Gasteiger partial charge < -0.3 is 15.0 Å². The van der Waals surface area contributed by atoms with E-state index in [0.717, 1.165) is 30.5 Å². The Morgan fingerprint density at radius 3 is 2.06 bits per heavy atom. The van der Waals surface area contributed by atoms with E-state index in [4.69, 9.17) is 4.74 Å². The van der Waals surface area contributed by atoms with E-state index in [1.807, 2.05) is 20.8 Å². The van der Waals surface area contributed by atoms with E-state index in [9.17, 15) is 4.79 Å². The maximum absolute atomic E-state index is 12.1. The first kappa shape index (κ1) is 29.7. The first-order valence-corrected chi connectivity index (χ1v) is 12.4. The molecule has 4 rings (SSSR count). The molecule has 0 saturated carbocycles. The Morgan fingerprint density at radius 2 is 1.48 bits per heavy atom. The molecule has 0 atom stereocenters. The number of ether oxygens (including phenoxy) is 1. The van der Waals surface area contributed by atoms with E-state index in [2.05, 4.69) is 75.3 Å². The Balaban J connectivity index is 0.000000338. The Hall–Kier alpha value is -1.37.